The number of ether oxygens (including phenoxy) is 1. The van der Waals surface area contributed by atoms with Gasteiger partial charge in [-0.2, -0.15) is 0 Å². The average Bonchev–Trinajstić information content (AvgIpc) is 3.05. The van der Waals surface area contributed by atoms with Crippen molar-refractivity contribution in [1.82, 2.24) is 30.7 Å². The van der Waals surface area contributed by atoms with Crippen LogP contribution in [0.4, 0.5) is 8.78 Å². The number of aliphatic imine (C=N–C) groups is 1. The highest BCUT2D eigenvalue weighted by Gasteiger charge is 2.43. The van der Waals surface area contributed by atoms with Crippen LogP contribution in [0.15, 0.2) is 16.8 Å². The van der Waals surface area contributed by atoms with Crippen LogP contribution in [0, 0.1) is 17.8 Å². The Balaban J connectivity index is 1.07. The molecule has 0 spiro atoms. The molecule has 0 bridgehead atoms. The number of piperidine rings is 1. The number of carbonyl (C=O) groups is 2. The SMILES string of the molecule is CC1NCC(F)C/C=C(/C2CCCCC2)NC(N)C1C(=O)NC1CN=CC(F)C1N1CCC(C(=O)N2CCN(C3COC3)CC2)CC1. The molecule has 13 heteroatoms. The molecular weight excluding hydrogens is 606 g/mol. The smallest absolute Gasteiger partial charge is 0.228 e. The van der Waals surface area contributed by atoms with Gasteiger partial charge in [-0.1, -0.05) is 25.3 Å². The fourth-order valence-electron chi connectivity index (χ4n) is 8.52. The fourth-order valence-corrected chi connectivity index (χ4v) is 8.52. The maximum absolute atomic E-state index is 15.6. The molecule has 0 radical (unpaired) electrons. The summed E-state index contributed by atoms with van der Waals surface area (Å²) >= 11 is 0. The summed E-state index contributed by atoms with van der Waals surface area (Å²) in [6.45, 7) is 8.24. The van der Waals surface area contributed by atoms with Gasteiger partial charge in [0.25, 0.3) is 0 Å². The van der Waals surface area contributed by atoms with E-state index in [9.17, 15) is 14.0 Å². The Bertz CT molecular complexity index is 1120. The lowest BCUT2D eigenvalue weighted by Gasteiger charge is -2.45. The van der Waals surface area contributed by atoms with Crippen LogP contribution in [0.3, 0.4) is 0 Å². The third-order valence-electron chi connectivity index (χ3n) is 11.5. The zero-order valence-corrected chi connectivity index (χ0v) is 28.0. The van der Waals surface area contributed by atoms with E-state index in [4.69, 9.17) is 10.5 Å². The number of piperazine rings is 1. The number of carbonyl (C=O) groups excluding carboxylic acids is 2. The molecule has 1 saturated carbocycles. The maximum Gasteiger partial charge on any atom is 0.228 e. The van der Waals surface area contributed by atoms with Gasteiger partial charge in [-0.05, 0) is 58.0 Å². The Morgan fingerprint density at radius 3 is 2.40 bits per heavy atom. The highest BCUT2D eigenvalue weighted by atomic mass is 19.1. The molecule has 0 aromatic carbocycles. The monoisotopic (exact) mass is 662 g/mol. The van der Waals surface area contributed by atoms with Crippen molar-refractivity contribution in [3.05, 3.63) is 11.8 Å². The van der Waals surface area contributed by atoms with Gasteiger partial charge < -0.3 is 31.3 Å². The van der Waals surface area contributed by atoms with Gasteiger partial charge in [0.2, 0.25) is 11.8 Å². The van der Waals surface area contributed by atoms with Crippen molar-refractivity contribution in [2.45, 2.75) is 101 Å². The van der Waals surface area contributed by atoms with E-state index in [-0.39, 0.29) is 30.8 Å². The summed E-state index contributed by atoms with van der Waals surface area (Å²) in [5.74, 6) is -0.576. The molecule has 5 aliphatic heterocycles. The van der Waals surface area contributed by atoms with Crippen LogP contribution in [0.5, 0.6) is 0 Å². The molecule has 6 aliphatic rings. The molecule has 264 valence electrons. The minimum atomic E-state index is -1.34. The van der Waals surface area contributed by atoms with E-state index in [1.165, 1.54) is 12.6 Å². The first-order valence-corrected chi connectivity index (χ1v) is 18.2. The molecule has 47 heavy (non-hydrogen) atoms. The quantitative estimate of drug-likeness (QED) is 0.334. The predicted octanol–water partition coefficient (Wildman–Crippen LogP) is 1.19. The van der Waals surface area contributed by atoms with Crippen LogP contribution in [0.2, 0.25) is 0 Å². The Morgan fingerprint density at radius 1 is 1.00 bits per heavy atom. The molecule has 7 unspecified atom stereocenters. The van der Waals surface area contributed by atoms with Gasteiger partial charge in [0.1, 0.15) is 6.17 Å². The summed E-state index contributed by atoms with van der Waals surface area (Å²) in [7, 11) is 0. The Hall–Kier alpha value is -2.19. The minimum Gasteiger partial charge on any atom is -0.378 e. The van der Waals surface area contributed by atoms with Crippen molar-refractivity contribution in [2.75, 3.05) is 65.6 Å². The van der Waals surface area contributed by atoms with Crippen molar-refractivity contribution in [2.24, 2.45) is 28.5 Å². The van der Waals surface area contributed by atoms with Gasteiger partial charge in [0.05, 0.1) is 50.0 Å². The summed E-state index contributed by atoms with van der Waals surface area (Å²) in [6.07, 6.45) is 7.33. The predicted molar refractivity (Wildman–Crippen MR) is 177 cm³/mol. The van der Waals surface area contributed by atoms with Gasteiger partial charge in [-0.25, -0.2) is 8.78 Å². The molecule has 3 saturated heterocycles. The lowest BCUT2D eigenvalue weighted by molar-refractivity contribution is -0.141. The molecule has 4 fully saturated rings. The number of nitrogens with zero attached hydrogens (tertiary/aromatic N) is 4. The number of alkyl halides is 2. The number of hydrogen-bond acceptors (Lipinski definition) is 9. The number of amides is 2. The first-order chi connectivity index (χ1) is 22.8. The number of nitrogens with two attached hydrogens (primary N) is 1. The van der Waals surface area contributed by atoms with Crippen LogP contribution < -0.4 is 21.7 Å². The number of allylic oxidation sites excluding steroid dienone is 2. The van der Waals surface area contributed by atoms with E-state index in [0.717, 1.165) is 70.8 Å². The zero-order valence-electron chi connectivity index (χ0n) is 28.0. The molecule has 0 aromatic rings. The highest BCUT2D eigenvalue weighted by Crippen LogP contribution is 2.31. The number of rotatable bonds is 6. The number of nitrogens with one attached hydrogen (secondary N) is 3. The Labute approximate surface area is 278 Å². The molecule has 6 rings (SSSR count). The molecule has 1 aliphatic carbocycles. The Morgan fingerprint density at radius 2 is 1.72 bits per heavy atom. The molecule has 5 heterocycles. The number of halogens is 2. The first-order valence-electron chi connectivity index (χ1n) is 18.2. The third kappa shape index (κ3) is 8.34. The molecular formula is C34H56F2N8O3. The Kier molecular flexibility index (Phi) is 11.8. The van der Waals surface area contributed by atoms with Crippen molar-refractivity contribution >= 4 is 18.0 Å². The van der Waals surface area contributed by atoms with Gasteiger partial charge >= 0.3 is 0 Å². The molecule has 7 atom stereocenters. The van der Waals surface area contributed by atoms with Gasteiger partial charge in [-0.3, -0.25) is 24.4 Å². The van der Waals surface area contributed by atoms with Crippen LogP contribution in [-0.2, 0) is 14.3 Å². The topological polar surface area (TPSA) is 128 Å². The van der Waals surface area contributed by atoms with Crippen molar-refractivity contribution < 1.29 is 23.1 Å². The summed E-state index contributed by atoms with van der Waals surface area (Å²) in [4.78, 5) is 38.2. The van der Waals surface area contributed by atoms with Gasteiger partial charge in [-0.15, -0.1) is 0 Å². The van der Waals surface area contributed by atoms with E-state index in [0.29, 0.717) is 44.3 Å². The van der Waals surface area contributed by atoms with Crippen LogP contribution in [0.25, 0.3) is 0 Å². The van der Waals surface area contributed by atoms with E-state index in [2.05, 4.69) is 30.7 Å². The van der Waals surface area contributed by atoms with E-state index >= 15 is 4.39 Å². The maximum atomic E-state index is 15.6. The second kappa shape index (κ2) is 16.0. The highest BCUT2D eigenvalue weighted by molar-refractivity contribution is 5.81. The molecule has 11 nitrogen and oxygen atoms in total. The van der Waals surface area contributed by atoms with Gasteiger partial charge in [0, 0.05) is 56.6 Å². The summed E-state index contributed by atoms with van der Waals surface area (Å²) in [5.41, 5.74) is 7.68. The normalized spacial score (nSPS) is 37.3. The second-order valence-electron chi connectivity index (χ2n) is 14.6. The lowest BCUT2D eigenvalue weighted by Crippen LogP contribution is -2.64. The number of hydrogen-bond donors (Lipinski definition) is 4. The van der Waals surface area contributed by atoms with Crippen molar-refractivity contribution in [3.8, 4) is 0 Å². The summed E-state index contributed by atoms with van der Waals surface area (Å²) in [6, 6.07) is -1.04. The van der Waals surface area contributed by atoms with E-state index in [1.54, 1.807) is 0 Å². The van der Waals surface area contributed by atoms with E-state index in [1.807, 2.05) is 17.9 Å². The zero-order chi connectivity index (χ0) is 32.9. The molecule has 5 N–H and O–H groups in total. The summed E-state index contributed by atoms with van der Waals surface area (Å²) < 4.78 is 35.8. The van der Waals surface area contributed by atoms with Crippen LogP contribution in [0.1, 0.15) is 58.3 Å². The molecule has 2 amide bonds. The van der Waals surface area contributed by atoms with Gasteiger partial charge in [0.15, 0.2) is 6.17 Å². The van der Waals surface area contributed by atoms with Crippen molar-refractivity contribution in [1.29, 1.82) is 0 Å². The lowest BCUT2D eigenvalue weighted by atomic mass is 9.85. The fraction of sp³-hybridized carbons (Fsp3) is 0.853. The van der Waals surface area contributed by atoms with E-state index < -0.39 is 42.6 Å². The molecule has 0 aromatic heterocycles. The van der Waals surface area contributed by atoms with Crippen molar-refractivity contribution in [3.63, 3.8) is 0 Å². The first kappa shape index (κ1) is 34.7. The minimum absolute atomic E-state index is 0.0714. The summed E-state index contributed by atoms with van der Waals surface area (Å²) in [5, 5.41) is 9.75. The second-order valence-corrected chi connectivity index (χ2v) is 14.6. The van der Waals surface area contributed by atoms with Crippen LogP contribution in [-0.4, -0.2) is 141 Å². The largest absolute Gasteiger partial charge is 0.378 e. The number of likely N-dealkylation sites (tertiary alicyclic amines) is 1. The van der Waals surface area contributed by atoms with Crippen LogP contribution >= 0.6 is 0 Å². The standard InChI is InChI=1S/C34H56F2N8O3/c1-22-30(32(37)40-28(8-7-25(35)17-39-22)23-5-3-2-4-6-23)33(45)41-29-19-38-18-27(36)31(29)43-11-9-24(10-12-43)34(46)44-15-13-42(14-16-44)26-20-47-21-26/h8,18,22-27,29-32,39-40H,2-7,9-17,19-21,37H2,1H3,(H,41,45)/b28-8-. The third-order valence-corrected chi connectivity index (χ3v) is 11.5. The average molecular weight is 663 g/mol.